The van der Waals surface area contributed by atoms with Gasteiger partial charge in [0.1, 0.15) is 6.54 Å². The first-order valence-electron chi connectivity index (χ1n) is 6.55. The molecular formula is C12H18N4O4. The van der Waals surface area contributed by atoms with Gasteiger partial charge in [0.2, 0.25) is 5.91 Å². The molecule has 1 aliphatic heterocycles. The smallest absolute Gasteiger partial charge is 0.358 e. The van der Waals surface area contributed by atoms with Crippen LogP contribution in [0, 0.1) is 0 Å². The number of nitrogens with zero attached hydrogens (tertiary/aromatic N) is 4. The van der Waals surface area contributed by atoms with Gasteiger partial charge >= 0.3 is 5.97 Å². The summed E-state index contributed by atoms with van der Waals surface area (Å²) >= 11 is 0. The van der Waals surface area contributed by atoms with Gasteiger partial charge in [0.15, 0.2) is 5.69 Å². The highest BCUT2D eigenvalue weighted by atomic mass is 16.5. The van der Waals surface area contributed by atoms with Gasteiger partial charge in [-0.25, -0.2) is 9.48 Å². The molecule has 1 unspecified atom stereocenters. The van der Waals surface area contributed by atoms with Crippen LogP contribution in [0.4, 0.5) is 0 Å². The van der Waals surface area contributed by atoms with E-state index in [0.717, 1.165) is 25.9 Å². The van der Waals surface area contributed by atoms with Gasteiger partial charge in [-0.2, -0.15) is 0 Å². The van der Waals surface area contributed by atoms with Crippen LogP contribution in [0.2, 0.25) is 0 Å². The number of aromatic nitrogens is 3. The van der Waals surface area contributed by atoms with E-state index in [4.69, 9.17) is 9.84 Å². The second-order valence-electron chi connectivity index (χ2n) is 4.87. The molecule has 0 aromatic carbocycles. The van der Waals surface area contributed by atoms with Crippen molar-refractivity contribution in [1.29, 1.82) is 0 Å². The molecule has 1 aliphatic rings. The monoisotopic (exact) mass is 282 g/mol. The second kappa shape index (κ2) is 6.47. The molecule has 1 N–H and O–H groups in total. The molecule has 20 heavy (non-hydrogen) atoms. The maximum Gasteiger partial charge on any atom is 0.358 e. The third-order valence-electron chi connectivity index (χ3n) is 3.23. The number of carbonyl (C=O) groups is 2. The topological polar surface area (TPSA) is 97.5 Å². The van der Waals surface area contributed by atoms with Crippen LogP contribution in [0.3, 0.4) is 0 Å². The predicted octanol–water partition coefficient (Wildman–Crippen LogP) is 0.00380. The highest BCUT2D eigenvalue weighted by Crippen LogP contribution is 2.13. The third-order valence-corrected chi connectivity index (χ3v) is 3.23. The Morgan fingerprint density at radius 1 is 1.55 bits per heavy atom. The molecule has 0 saturated carbocycles. The number of aromatic carboxylic acids is 1. The van der Waals surface area contributed by atoms with E-state index in [9.17, 15) is 9.59 Å². The molecular weight excluding hydrogens is 264 g/mol. The summed E-state index contributed by atoms with van der Waals surface area (Å²) < 4.78 is 6.80. The molecule has 1 saturated heterocycles. The number of hydrogen-bond acceptors (Lipinski definition) is 5. The molecule has 0 radical (unpaired) electrons. The summed E-state index contributed by atoms with van der Waals surface area (Å²) in [7, 11) is 1.70. The van der Waals surface area contributed by atoms with Crippen molar-refractivity contribution in [3.05, 3.63) is 11.9 Å². The number of carbonyl (C=O) groups excluding carboxylic acids is 1. The van der Waals surface area contributed by atoms with E-state index in [1.165, 1.54) is 10.9 Å². The summed E-state index contributed by atoms with van der Waals surface area (Å²) in [6.07, 6.45) is 4.49. The van der Waals surface area contributed by atoms with E-state index in [-0.39, 0.29) is 24.2 Å². The standard InChI is InChI=1S/C12H18N4O4/c1-15(6-9-4-2-3-5-20-9)11(17)8-16-7-10(12(18)19)13-14-16/h7,9H,2-6,8H2,1H3,(H,18,19). The summed E-state index contributed by atoms with van der Waals surface area (Å²) in [4.78, 5) is 24.2. The number of carboxylic acids is 1. The van der Waals surface area contributed by atoms with E-state index in [1.807, 2.05) is 0 Å². The van der Waals surface area contributed by atoms with Crippen molar-refractivity contribution in [2.45, 2.75) is 31.9 Å². The van der Waals surface area contributed by atoms with Gasteiger partial charge in [-0.05, 0) is 19.3 Å². The lowest BCUT2D eigenvalue weighted by Gasteiger charge is -2.27. The fourth-order valence-electron chi connectivity index (χ4n) is 2.09. The Morgan fingerprint density at radius 2 is 2.35 bits per heavy atom. The fraction of sp³-hybridized carbons (Fsp3) is 0.667. The number of ether oxygens (including phenoxy) is 1. The Balaban J connectivity index is 1.84. The maximum atomic E-state index is 12.0. The highest BCUT2D eigenvalue weighted by molar-refractivity contribution is 5.84. The van der Waals surface area contributed by atoms with Crippen LogP contribution in [0.15, 0.2) is 6.20 Å². The van der Waals surface area contributed by atoms with Crippen molar-refractivity contribution < 1.29 is 19.4 Å². The minimum atomic E-state index is -1.16. The Hall–Kier alpha value is -1.96. The summed E-state index contributed by atoms with van der Waals surface area (Å²) in [5, 5.41) is 15.8. The lowest BCUT2D eigenvalue weighted by molar-refractivity contribution is -0.133. The van der Waals surface area contributed by atoms with Gasteiger partial charge in [-0.3, -0.25) is 4.79 Å². The van der Waals surface area contributed by atoms with Crippen LogP contribution in [0.5, 0.6) is 0 Å². The summed E-state index contributed by atoms with van der Waals surface area (Å²) in [6.45, 7) is 1.26. The van der Waals surface area contributed by atoms with Gasteiger partial charge in [0.05, 0.1) is 12.3 Å². The molecule has 0 spiro atoms. The van der Waals surface area contributed by atoms with Crippen molar-refractivity contribution in [2.24, 2.45) is 0 Å². The SMILES string of the molecule is CN(CC1CCCCO1)C(=O)Cn1cc(C(=O)O)nn1. The van der Waals surface area contributed by atoms with Crippen LogP contribution in [0.25, 0.3) is 0 Å². The highest BCUT2D eigenvalue weighted by Gasteiger charge is 2.19. The number of hydrogen-bond donors (Lipinski definition) is 1. The molecule has 1 aromatic rings. The van der Waals surface area contributed by atoms with Gasteiger partial charge in [-0.15, -0.1) is 5.10 Å². The molecule has 0 aliphatic carbocycles. The van der Waals surface area contributed by atoms with Gasteiger partial charge in [0, 0.05) is 20.2 Å². The van der Waals surface area contributed by atoms with Crippen molar-refractivity contribution in [2.75, 3.05) is 20.2 Å². The van der Waals surface area contributed by atoms with E-state index in [1.54, 1.807) is 11.9 Å². The van der Waals surface area contributed by atoms with Gasteiger partial charge < -0.3 is 14.7 Å². The van der Waals surface area contributed by atoms with E-state index in [0.29, 0.717) is 6.54 Å². The average Bonchev–Trinajstić information content (AvgIpc) is 2.88. The molecule has 1 amide bonds. The normalized spacial score (nSPS) is 18.8. The first-order valence-corrected chi connectivity index (χ1v) is 6.55. The average molecular weight is 282 g/mol. The minimum absolute atomic E-state index is 0.0243. The Bertz CT molecular complexity index is 482. The second-order valence-corrected chi connectivity index (χ2v) is 4.87. The maximum absolute atomic E-state index is 12.0. The quantitative estimate of drug-likeness (QED) is 0.816. The van der Waals surface area contributed by atoms with E-state index in [2.05, 4.69) is 10.3 Å². The molecule has 1 atom stereocenters. The molecule has 0 bridgehead atoms. The number of amides is 1. The summed E-state index contributed by atoms with van der Waals surface area (Å²) in [5.41, 5.74) is -0.170. The number of rotatable bonds is 5. The fourth-order valence-corrected chi connectivity index (χ4v) is 2.09. The van der Waals surface area contributed by atoms with Crippen molar-refractivity contribution in [3.63, 3.8) is 0 Å². The molecule has 1 aromatic heterocycles. The van der Waals surface area contributed by atoms with Crippen LogP contribution < -0.4 is 0 Å². The molecule has 1 fully saturated rings. The zero-order valence-corrected chi connectivity index (χ0v) is 11.4. The van der Waals surface area contributed by atoms with Crippen LogP contribution >= 0.6 is 0 Å². The van der Waals surface area contributed by atoms with E-state index >= 15 is 0 Å². The Labute approximate surface area is 116 Å². The molecule has 8 heteroatoms. The van der Waals surface area contributed by atoms with Crippen LogP contribution in [0.1, 0.15) is 29.8 Å². The molecule has 2 rings (SSSR count). The lowest BCUT2D eigenvalue weighted by atomic mass is 10.1. The van der Waals surface area contributed by atoms with Crippen molar-refractivity contribution >= 4 is 11.9 Å². The van der Waals surface area contributed by atoms with Crippen molar-refractivity contribution in [3.8, 4) is 0 Å². The number of likely N-dealkylation sites (N-methyl/N-ethyl adjacent to an activating group) is 1. The van der Waals surface area contributed by atoms with E-state index < -0.39 is 5.97 Å². The first kappa shape index (κ1) is 14.4. The Kier molecular flexibility index (Phi) is 4.67. The minimum Gasteiger partial charge on any atom is -0.476 e. The lowest BCUT2D eigenvalue weighted by Crippen LogP contribution is -2.38. The van der Waals surface area contributed by atoms with Crippen LogP contribution in [-0.4, -0.2) is 63.2 Å². The zero-order chi connectivity index (χ0) is 14.5. The predicted molar refractivity (Wildman–Crippen MR) is 68.2 cm³/mol. The first-order chi connectivity index (χ1) is 9.56. The van der Waals surface area contributed by atoms with Gasteiger partial charge in [0.25, 0.3) is 0 Å². The zero-order valence-electron chi connectivity index (χ0n) is 11.4. The summed E-state index contributed by atoms with van der Waals surface area (Å²) in [6, 6.07) is 0. The van der Waals surface area contributed by atoms with Crippen molar-refractivity contribution in [1.82, 2.24) is 19.9 Å². The van der Waals surface area contributed by atoms with Crippen LogP contribution in [-0.2, 0) is 16.1 Å². The largest absolute Gasteiger partial charge is 0.476 e. The van der Waals surface area contributed by atoms with Gasteiger partial charge in [-0.1, -0.05) is 5.21 Å². The molecule has 2 heterocycles. The third kappa shape index (κ3) is 3.77. The molecule has 110 valence electrons. The summed E-state index contributed by atoms with van der Waals surface area (Å²) in [5.74, 6) is -1.31. The molecule has 8 nitrogen and oxygen atoms in total. The number of carboxylic acid groups (broad SMARTS) is 1. The Morgan fingerprint density at radius 3 is 2.95 bits per heavy atom.